The molecular formula is C15H15BrN6. The van der Waals surface area contributed by atoms with Gasteiger partial charge in [0, 0.05) is 29.5 Å². The fourth-order valence-electron chi connectivity index (χ4n) is 2.08. The Labute approximate surface area is 136 Å². The van der Waals surface area contributed by atoms with Crippen LogP contribution in [0.1, 0.15) is 11.1 Å². The quantitative estimate of drug-likeness (QED) is 0.749. The molecule has 0 atom stereocenters. The van der Waals surface area contributed by atoms with Crippen molar-refractivity contribution in [3.8, 4) is 5.82 Å². The van der Waals surface area contributed by atoms with E-state index in [1.807, 2.05) is 24.4 Å². The van der Waals surface area contributed by atoms with E-state index in [4.69, 9.17) is 5.73 Å². The van der Waals surface area contributed by atoms with Crippen molar-refractivity contribution in [3.63, 3.8) is 0 Å². The van der Waals surface area contributed by atoms with Gasteiger partial charge >= 0.3 is 0 Å². The van der Waals surface area contributed by atoms with Gasteiger partial charge in [0.15, 0.2) is 5.82 Å². The lowest BCUT2D eigenvalue weighted by molar-refractivity contribution is 0.842. The van der Waals surface area contributed by atoms with Crippen LogP contribution < -0.4 is 11.1 Å². The van der Waals surface area contributed by atoms with Gasteiger partial charge in [-0.25, -0.2) is 4.68 Å². The maximum absolute atomic E-state index is 5.78. The van der Waals surface area contributed by atoms with Gasteiger partial charge < -0.3 is 11.1 Å². The molecule has 0 fully saturated rings. The lowest BCUT2D eigenvalue weighted by atomic mass is 10.1. The summed E-state index contributed by atoms with van der Waals surface area (Å²) in [6.07, 6.45) is 3.50. The van der Waals surface area contributed by atoms with Crippen molar-refractivity contribution in [2.45, 2.75) is 13.5 Å². The van der Waals surface area contributed by atoms with Crippen LogP contribution in [0.2, 0.25) is 0 Å². The van der Waals surface area contributed by atoms with Crippen LogP contribution in [0, 0.1) is 6.92 Å². The molecule has 3 aromatic rings. The molecule has 0 saturated carbocycles. The van der Waals surface area contributed by atoms with Crippen LogP contribution in [-0.2, 0) is 6.54 Å². The van der Waals surface area contributed by atoms with Crippen molar-refractivity contribution in [1.29, 1.82) is 0 Å². The van der Waals surface area contributed by atoms with Crippen LogP contribution >= 0.6 is 15.9 Å². The number of hydrogen-bond acceptors (Lipinski definition) is 5. The van der Waals surface area contributed by atoms with E-state index in [1.54, 1.807) is 10.9 Å². The highest BCUT2D eigenvalue weighted by Gasteiger charge is 2.06. The van der Waals surface area contributed by atoms with Gasteiger partial charge in [0.2, 0.25) is 5.95 Å². The van der Waals surface area contributed by atoms with E-state index in [0.29, 0.717) is 18.2 Å². The summed E-state index contributed by atoms with van der Waals surface area (Å²) < 4.78 is 2.70. The molecule has 0 aliphatic carbocycles. The summed E-state index contributed by atoms with van der Waals surface area (Å²) in [5.74, 6) is 1.50. The first-order valence-corrected chi connectivity index (χ1v) is 7.54. The third-order valence-corrected chi connectivity index (χ3v) is 3.73. The van der Waals surface area contributed by atoms with Crippen molar-refractivity contribution in [2.75, 3.05) is 11.1 Å². The monoisotopic (exact) mass is 358 g/mol. The predicted octanol–water partition coefficient (Wildman–Crippen LogP) is 2.93. The van der Waals surface area contributed by atoms with E-state index in [9.17, 15) is 0 Å². The Morgan fingerprint density at radius 1 is 1.27 bits per heavy atom. The Hall–Kier alpha value is -2.41. The smallest absolute Gasteiger partial charge is 0.224 e. The van der Waals surface area contributed by atoms with Gasteiger partial charge in [-0.15, -0.1) is 0 Å². The second kappa shape index (κ2) is 6.15. The number of hydrogen-bond donors (Lipinski definition) is 2. The summed E-state index contributed by atoms with van der Waals surface area (Å²) in [7, 11) is 0. The predicted molar refractivity (Wildman–Crippen MR) is 89.8 cm³/mol. The van der Waals surface area contributed by atoms with Crippen molar-refractivity contribution in [3.05, 3.63) is 58.3 Å². The molecule has 0 spiro atoms. The summed E-state index contributed by atoms with van der Waals surface area (Å²) >= 11 is 3.49. The minimum atomic E-state index is 0.210. The van der Waals surface area contributed by atoms with Crippen LogP contribution in [0.25, 0.3) is 5.82 Å². The molecule has 6 nitrogen and oxygen atoms in total. The van der Waals surface area contributed by atoms with Gasteiger partial charge in [0.25, 0.3) is 0 Å². The highest BCUT2D eigenvalue weighted by molar-refractivity contribution is 9.10. The maximum Gasteiger partial charge on any atom is 0.224 e. The third-order valence-electron chi connectivity index (χ3n) is 3.24. The Morgan fingerprint density at radius 2 is 2.14 bits per heavy atom. The minimum Gasteiger partial charge on any atom is -0.368 e. The topological polar surface area (TPSA) is 81.7 Å². The van der Waals surface area contributed by atoms with Gasteiger partial charge in [0.1, 0.15) is 5.82 Å². The number of anilines is 2. The standard InChI is InChI=1S/C15H15BrN6/c1-10-3-4-12(16)7-11(10)9-18-13-8-14(21-15(17)20-13)22-6-2-5-19-22/h2-8H,9H2,1H3,(H3,17,18,20,21). The highest BCUT2D eigenvalue weighted by atomic mass is 79.9. The summed E-state index contributed by atoms with van der Waals surface area (Å²) in [5.41, 5.74) is 8.18. The van der Waals surface area contributed by atoms with Gasteiger partial charge in [-0.3, -0.25) is 0 Å². The first kappa shape index (κ1) is 14.5. The molecule has 0 amide bonds. The van der Waals surface area contributed by atoms with Crippen LogP contribution in [0.15, 0.2) is 47.2 Å². The van der Waals surface area contributed by atoms with Crippen LogP contribution in [0.5, 0.6) is 0 Å². The average Bonchev–Trinajstić information content (AvgIpc) is 3.02. The van der Waals surface area contributed by atoms with E-state index in [0.717, 1.165) is 4.47 Å². The molecule has 0 saturated heterocycles. The van der Waals surface area contributed by atoms with E-state index in [1.165, 1.54) is 11.1 Å². The van der Waals surface area contributed by atoms with E-state index >= 15 is 0 Å². The lowest BCUT2D eigenvalue weighted by Gasteiger charge is -2.10. The second-order valence-electron chi connectivity index (χ2n) is 4.84. The van der Waals surface area contributed by atoms with Gasteiger partial charge in [-0.1, -0.05) is 22.0 Å². The average molecular weight is 359 g/mol. The molecule has 2 heterocycles. The summed E-state index contributed by atoms with van der Waals surface area (Å²) in [5, 5.41) is 7.43. The van der Waals surface area contributed by atoms with Crippen molar-refractivity contribution in [2.24, 2.45) is 0 Å². The van der Waals surface area contributed by atoms with E-state index in [-0.39, 0.29) is 5.95 Å². The number of halogens is 1. The van der Waals surface area contributed by atoms with Crippen LogP contribution in [0.4, 0.5) is 11.8 Å². The van der Waals surface area contributed by atoms with Crippen LogP contribution in [0.3, 0.4) is 0 Å². The third kappa shape index (κ3) is 3.25. The molecule has 3 N–H and O–H groups in total. The van der Waals surface area contributed by atoms with Crippen molar-refractivity contribution >= 4 is 27.7 Å². The molecular weight excluding hydrogens is 344 g/mol. The Bertz CT molecular complexity index is 785. The lowest BCUT2D eigenvalue weighted by Crippen LogP contribution is -2.08. The zero-order chi connectivity index (χ0) is 15.5. The molecule has 112 valence electrons. The molecule has 0 aliphatic heterocycles. The van der Waals surface area contributed by atoms with Crippen molar-refractivity contribution in [1.82, 2.24) is 19.7 Å². The number of nitrogens with one attached hydrogen (secondary N) is 1. The highest BCUT2D eigenvalue weighted by Crippen LogP contribution is 2.18. The molecule has 0 aliphatic rings. The van der Waals surface area contributed by atoms with Gasteiger partial charge in [0.05, 0.1) is 0 Å². The Balaban J connectivity index is 1.82. The molecule has 0 unspecified atom stereocenters. The van der Waals surface area contributed by atoms with Crippen LogP contribution in [-0.4, -0.2) is 19.7 Å². The number of aromatic nitrogens is 4. The number of benzene rings is 1. The SMILES string of the molecule is Cc1ccc(Br)cc1CNc1cc(-n2cccn2)nc(N)n1. The first-order chi connectivity index (χ1) is 10.6. The summed E-state index contributed by atoms with van der Waals surface area (Å²) in [6.45, 7) is 2.73. The largest absolute Gasteiger partial charge is 0.368 e. The molecule has 22 heavy (non-hydrogen) atoms. The fraction of sp³-hybridized carbons (Fsp3) is 0.133. The van der Waals surface area contributed by atoms with E-state index < -0.39 is 0 Å². The normalized spacial score (nSPS) is 10.6. The zero-order valence-electron chi connectivity index (χ0n) is 12.0. The number of nitrogens with two attached hydrogens (primary N) is 1. The molecule has 1 aromatic carbocycles. The number of nitrogen functional groups attached to an aromatic ring is 1. The van der Waals surface area contributed by atoms with E-state index in [2.05, 4.69) is 55.4 Å². The maximum atomic E-state index is 5.78. The number of nitrogens with zero attached hydrogens (tertiary/aromatic N) is 4. The molecule has 7 heteroatoms. The Morgan fingerprint density at radius 3 is 2.91 bits per heavy atom. The zero-order valence-corrected chi connectivity index (χ0v) is 13.6. The molecule has 0 radical (unpaired) electrons. The molecule has 0 bridgehead atoms. The molecule has 3 rings (SSSR count). The Kier molecular flexibility index (Phi) is 4.06. The number of aryl methyl sites for hydroxylation is 1. The number of rotatable bonds is 4. The first-order valence-electron chi connectivity index (χ1n) is 6.75. The summed E-state index contributed by atoms with van der Waals surface area (Å²) in [4.78, 5) is 8.40. The van der Waals surface area contributed by atoms with Gasteiger partial charge in [-0.2, -0.15) is 15.1 Å². The summed E-state index contributed by atoms with van der Waals surface area (Å²) in [6, 6.07) is 9.83. The van der Waals surface area contributed by atoms with Crippen molar-refractivity contribution < 1.29 is 0 Å². The molecule has 2 aromatic heterocycles. The second-order valence-corrected chi connectivity index (χ2v) is 5.76. The van der Waals surface area contributed by atoms with Gasteiger partial charge in [-0.05, 0) is 36.2 Å². The minimum absolute atomic E-state index is 0.210. The fourth-order valence-corrected chi connectivity index (χ4v) is 2.49.